The van der Waals surface area contributed by atoms with Crippen molar-refractivity contribution in [2.45, 2.75) is 52.7 Å². The van der Waals surface area contributed by atoms with Crippen LogP contribution < -0.4 is 5.73 Å². The largest absolute Gasteiger partial charge is 0.460 e. The highest BCUT2D eigenvalue weighted by molar-refractivity contribution is 5.98. The molecule has 1 aromatic carbocycles. The summed E-state index contributed by atoms with van der Waals surface area (Å²) in [6.45, 7) is 8.88. The summed E-state index contributed by atoms with van der Waals surface area (Å²) < 4.78 is 10.4. The fraction of sp³-hybridized carbons (Fsp3) is 0.500. The van der Waals surface area contributed by atoms with Gasteiger partial charge in [-0.2, -0.15) is 0 Å². The van der Waals surface area contributed by atoms with Crippen molar-refractivity contribution in [1.29, 1.82) is 0 Å². The van der Waals surface area contributed by atoms with E-state index in [-0.39, 0.29) is 18.1 Å². The second-order valence-corrected chi connectivity index (χ2v) is 6.10. The van der Waals surface area contributed by atoms with E-state index in [9.17, 15) is 9.59 Å². The number of hydrogen-bond acceptors (Lipinski definition) is 5. The fourth-order valence-electron chi connectivity index (χ4n) is 1.82. The molecule has 0 aliphatic carbocycles. The molecule has 0 aromatic heterocycles. The SMILES string of the molecule is CC(C)OC(=O)c1c(N)cccc1CC(=O)OC(C)(C)C. The first-order valence-corrected chi connectivity index (χ1v) is 6.90. The first-order chi connectivity index (χ1) is 9.60. The lowest BCUT2D eigenvalue weighted by Gasteiger charge is -2.20. The normalized spacial score (nSPS) is 11.3. The van der Waals surface area contributed by atoms with Gasteiger partial charge in [0.1, 0.15) is 5.60 Å². The number of carbonyl (C=O) groups is 2. The highest BCUT2D eigenvalue weighted by atomic mass is 16.6. The van der Waals surface area contributed by atoms with Crippen molar-refractivity contribution < 1.29 is 19.1 Å². The van der Waals surface area contributed by atoms with Gasteiger partial charge >= 0.3 is 11.9 Å². The molecule has 1 rings (SSSR count). The van der Waals surface area contributed by atoms with Gasteiger partial charge in [0, 0.05) is 5.69 Å². The molecule has 0 spiro atoms. The lowest BCUT2D eigenvalue weighted by atomic mass is 10.0. The van der Waals surface area contributed by atoms with Crippen LogP contribution >= 0.6 is 0 Å². The van der Waals surface area contributed by atoms with E-state index >= 15 is 0 Å². The van der Waals surface area contributed by atoms with E-state index in [1.165, 1.54) is 0 Å². The van der Waals surface area contributed by atoms with Crippen LogP contribution in [0.3, 0.4) is 0 Å². The zero-order chi connectivity index (χ0) is 16.2. The summed E-state index contributed by atoms with van der Waals surface area (Å²) in [5.74, 6) is -0.937. The maximum absolute atomic E-state index is 12.1. The Labute approximate surface area is 125 Å². The lowest BCUT2D eigenvalue weighted by molar-refractivity contribution is -0.153. The Morgan fingerprint density at radius 3 is 2.38 bits per heavy atom. The summed E-state index contributed by atoms with van der Waals surface area (Å²) in [7, 11) is 0. The van der Waals surface area contributed by atoms with E-state index in [2.05, 4.69) is 0 Å². The van der Waals surface area contributed by atoms with Crippen LogP contribution in [0.5, 0.6) is 0 Å². The predicted octanol–water partition coefficient (Wildman–Crippen LogP) is 2.72. The van der Waals surface area contributed by atoms with Crippen molar-refractivity contribution in [3.05, 3.63) is 29.3 Å². The van der Waals surface area contributed by atoms with Crippen LogP contribution in [0.1, 0.15) is 50.5 Å². The Morgan fingerprint density at radius 2 is 1.86 bits per heavy atom. The standard InChI is InChI=1S/C16H23NO4/c1-10(2)20-15(19)14-11(7-6-8-12(14)17)9-13(18)21-16(3,4)5/h6-8,10H,9,17H2,1-5H3. The van der Waals surface area contributed by atoms with Gasteiger partial charge in [-0.05, 0) is 46.2 Å². The number of nitrogens with two attached hydrogens (primary N) is 1. The molecule has 0 atom stereocenters. The summed E-state index contributed by atoms with van der Waals surface area (Å²) >= 11 is 0. The highest BCUT2D eigenvalue weighted by Crippen LogP contribution is 2.21. The minimum Gasteiger partial charge on any atom is -0.460 e. The molecule has 0 unspecified atom stereocenters. The van der Waals surface area contributed by atoms with Gasteiger partial charge in [0.05, 0.1) is 18.1 Å². The molecule has 2 N–H and O–H groups in total. The molecule has 0 amide bonds. The second-order valence-electron chi connectivity index (χ2n) is 6.10. The zero-order valence-corrected chi connectivity index (χ0v) is 13.2. The van der Waals surface area contributed by atoms with Crippen LogP contribution in [0.2, 0.25) is 0 Å². The minimum atomic E-state index is -0.573. The third-order valence-electron chi connectivity index (χ3n) is 2.48. The smallest absolute Gasteiger partial charge is 0.340 e. The number of anilines is 1. The van der Waals surface area contributed by atoms with Gasteiger partial charge in [-0.15, -0.1) is 0 Å². The van der Waals surface area contributed by atoms with Crippen molar-refractivity contribution in [3.8, 4) is 0 Å². The molecule has 5 nitrogen and oxygen atoms in total. The Bertz CT molecular complexity index is 530. The van der Waals surface area contributed by atoms with Gasteiger partial charge in [0.25, 0.3) is 0 Å². The van der Waals surface area contributed by atoms with E-state index in [4.69, 9.17) is 15.2 Å². The summed E-state index contributed by atoms with van der Waals surface area (Å²) in [5, 5.41) is 0. The van der Waals surface area contributed by atoms with Crippen LogP contribution in [-0.2, 0) is 20.7 Å². The van der Waals surface area contributed by atoms with Gasteiger partial charge in [-0.25, -0.2) is 4.79 Å². The minimum absolute atomic E-state index is 0.0230. The Balaban J connectivity index is 3.00. The molecule has 0 aliphatic rings. The molecule has 0 saturated heterocycles. The average Bonchev–Trinajstić information content (AvgIpc) is 2.24. The van der Waals surface area contributed by atoms with E-state index in [1.54, 1.807) is 52.8 Å². The Kier molecular flexibility index (Phi) is 5.35. The van der Waals surface area contributed by atoms with Crippen LogP contribution in [-0.4, -0.2) is 23.6 Å². The molecule has 0 radical (unpaired) electrons. The van der Waals surface area contributed by atoms with Crippen LogP contribution in [0.4, 0.5) is 5.69 Å². The summed E-state index contributed by atoms with van der Waals surface area (Å²) in [5.41, 5.74) is 6.31. The molecule has 21 heavy (non-hydrogen) atoms. The topological polar surface area (TPSA) is 78.6 Å². The quantitative estimate of drug-likeness (QED) is 0.682. The van der Waals surface area contributed by atoms with E-state index in [1.807, 2.05) is 0 Å². The molecule has 0 fully saturated rings. The number of hydrogen-bond donors (Lipinski definition) is 1. The highest BCUT2D eigenvalue weighted by Gasteiger charge is 2.22. The molecule has 1 aromatic rings. The lowest BCUT2D eigenvalue weighted by Crippen LogP contribution is -2.25. The first kappa shape index (κ1) is 17.0. The van der Waals surface area contributed by atoms with Gasteiger partial charge in [-0.1, -0.05) is 12.1 Å². The monoisotopic (exact) mass is 293 g/mol. The summed E-state index contributed by atoms with van der Waals surface area (Å²) in [4.78, 5) is 24.0. The molecule has 0 saturated carbocycles. The van der Waals surface area contributed by atoms with Crippen LogP contribution in [0.25, 0.3) is 0 Å². The Morgan fingerprint density at radius 1 is 1.24 bits per heavy atom. The molecule has 116 valence electrons. The molecular weight excluding hydrogens is 270 g/mol. The number of rotatable bonds is 4. The van der Waals surface area contributed by atoms with Gasteiger partial charge in [-0.3, -0.25) is 4.79 Å². The van der Waals surface area contributed by atoms with Crippen molar-refractivity contribution in [2.75, 3.05) is 5.73 Å². The molecule has 5 heteroatoms. The number of ether oxygens (including phenoxy) is 2. The molecular formula is C16H23NO4. The van der Waals surface area contributed by atoms with Gasteiger partial charge in [0.15, 0.2) is 0 Å². The van der Waals surface area contributed by atoms with Crippen molar-refractivity contribution in [3.63, 3.8) is 0 Å². The van der Waals surface area contributed by atoms with Crippen LogP contribution in [0.15, 0.2) is 18.2 Å². The molecule has 0 bridgehead atoms. The number of carbonyl (C=O) groups excluding carboxylic acids is 2. The molecule has 0 aliphatic heterocycles. The van der Waals surface area contributed by atoms with Crippen molar-refractivity contribution in [2.24, 2.45) is 0 Å². The van der Waals surface area contributed by atoms with Gasteiger partial charge in [0.2, 0.25) is 0 Å². The third kappa shape index (κ3) is 5.45. The van der Waals surface area contributed by atoms with Crippen molar-refractivity contribution in [1.82, 2.24) is 0 Å². The maximum atomic E-state index is 12.1. The molecule has 0 heterocycles. The number of benzene rings is 1. The zero-order valence-electron chi connectivity index (χ0n) is 13.2. The third-order valence-corrected chi connectivity index (χ3v) is 2.48. The van der Waals surface area contributed by atoms with Crippen molar-refractivity contribution >= 4 is 17.6 Å². The average molecular weight is 293 g/mol. The fourth-order valence-corrected chi connectivity index (χ4v) is 1.82. The summed E-state index contributed by atoms with van der Waals surface area (Å²) in [6.07, 6.45) is -0.281. The first-order valence-electron chi connectivity index (χ1n) is 6.90. The Hall–Kier alpha value is -2.04. The predicted molar refractivity (Wildman–Crippen MR) is 81.0 cm³/mol. The second kappa shape index (κ2) is 6.61. The van der Waals surface area contributed by atoms with Crippen LogP contribution in [0, 0.1) is 0 Å². The maximum Gasteiger partial charge on any atom is 0.340 e. The van der Waals surface area contributed by atoms with E-state index in [0.29, 0.717) is 11.3 Å². The summed E-state index contributed by atoms with van der Waals surface area (Å²) in [6, 6.07) is 4.98. The number of nitrogen functional groups attached to an aromatic ring is 1. The number of esters is 2. The van der Waals surface area contributed by atoms with Gasteiger partial charge < -0.3 is 15.2 Å². The van der Waals surface area contributed by atoms with E-state index in [0.717, 1.165) is 0 Å². The van der Waals surface area contributed by atoms with E-state index < -0.39 is 17.5 Å².